The molecule has 154 valence electrons. The first-order valence-corrected chi connectivity index (χ1v) is 9.75. The molecule has 7 heteroatoms. The third-order valence-corrected chi connectivity index (χ3v) is 5.41. The van der Waals surface area contributed by atoms with Crippen molar-refractivity contribution in [2.75, 3.05) is 27.9 Å². The Morgan fingerprint density at radius 3 is 2.46 bits per heavy atom. The zero-order valence-electron chi connectivity index (χ0n) is 16.9. The van der Waals surface area contributed by atoms with Crippen molar-refractivity contribution in [1.29, 1.82) is 0 Å². The van der Waals surface area contributed by atoms with Gasteiger partial charge in [-0.05, 0) is 55.4 Å². The third kappa shape index (κ3) is 5.89. The molecule has 1 amide bonds. The number of halogens is 1. The fourth-order valence-corrected chi connectivity index (χ4v) is 3.61. The van der Waals surface area contributed by atoms with Gasteiger partial charge in [0.05, 0.1) is 19.2 Å². The van der Waals surface area contributed by atoms with Crippen LogP contribution in [0.25, 0.3) is 6.08 Å². The van der Waals surface area contributed by atoms with Crippen LogP contribution in [-0.4, -0.2) is 50.7 Å². The zero-order valence-corrected chi connectivity index (χ0v) is 17.6. The van der Waals surface area contributed by atoms with E-state index in [9.17, 15) is 9.59 Å². The molecule has 0 bridgehead atoms. The number of nitrogens with zero attached hydrogens (tertiary/aromatic N) is 1. The van der Waals surface area contributed by atoms with E-state index in [1.165, 1.54) is 20.3 Å². The van der Waals surface area contributed by atoms with Gasteiger partial charge >= 0.3 is 5.97 Å². The van der Waals surface area contributed by atoms with Gasteiger partial charge in [-0.25, -0.2) is 4.79 Å². The molecule has 0 heterocycles. The van der Waals surface area contributed by atoms with Gasteiger partial charge in [0.1, 0.15) is 0 Å². The molecule has 0 atom stereocenters. The lowest BCUT2D eigenvalue weighted by Gasteiger charge is -2.33. The maximum atomic E-state index is 12.3. The Hall–Kier alpha value is -2.21. The topological polar surface area (TPSA) is 65.1 Å². The number of esters is 1. The predicted molar refractivity (Wildman–Crippen MR) is 109 cm³/mol. The summed E-state index contributed by atoms with van der Waals surface area (Å²) in [5.41, 5.74) is 0.652. The lowest BCUT2D eigenvalue weighted by Crippen LogP contribution is -2.41. The summed E-state index contributed by atoms with van der Waals surface area (Å²) in [7, 11) is 4.78. The fraction of sp³-hybridized carbons (Fsp3) is 0.524. The van der Waals surface area contributed by atoms with Crippen molar-refractivity contribution in [2.45, 2.75) is 38.6 Å². The highest BCUT2D eigenvalue weighted by molar-refractivity contribution is 6.32. The number of likely N-dealkylation sites (N-methyl/N-ethyl adjacent to an activating group) is 1. The van der Waals surface area contributed by atoms with Crippen molar-refractivity contribution in [1.82, 2.24) is 4.90 Å². The molecule has 0 aliphatic heterocycles. The van der Waals surface area contributed by atoms with Crippen molar-refractivity contribution >= 4 is 29.6 Å². The maximum absolute atomic E-state index is 12.3. The van der Waals surface area contributed by atoms with Gasteiger partial charge < -0.3 is 19.1 Å². The second-order valence-electron chi connectivity index (χ2n) is 7.10. The molecule has 0 unspecified atom stereocenters. The van der Waals surface area contributed by atoms with Gasteiger partial charge in [0.25, 0.3) is 5.91 Å². The minimum Gasteiger partial charge on any atom is -0.493 e. The van der Waals surface area contributed by atoms with E-state index in [1.807, 2.05) is 0 Å². The van der Waals surface area contributed by atoms with E-state index in [1.54, 1.807) is 30.2 Å². The van der Waals surface area contributed by atoms with Crippen LogP contribution in [-0.2, 0) is 14.3 Å². The normalized spacial score (nSPS) is 19.3. The molecule has 0 N–H and O–H groups in total. The van der Waals surface area contributed by atoms with Crippen LogP contribution in [0.5, 0.6) is 11.5 Å². The standard InChI is InChI=1S/C21H28ClNO5/c1-14-5-8-16(9-6-14)23(2)19(24)13-28-20(25)10-7-15-11-17(22)21(27-4)18(12-15)26-3/h7,10-12,14,16H,5-6,8-9,13H2,1-4H3/b10-7+. The van der Waals surface area contributed by atoms with Crippen LogP contribution in [0.4, 0.5) is 0 Å². The molecule has 2 rings (SSSR count). The van der Waals surface area contributed by atoms with Crippen LogP contribution < -0.4 is 9.47 Å². The number of rotatable bonds is 7. The fourth-order valence-electron chi connectivity index (χ4n) is 3.31. The van der Waals surface area contributed by atoms with Crippen LogP contribution >= 0.6 is 11.6 Å². The van der Waals surface area contributed by atoms with Crippen molar-refractivity contribution in [3.8, 4) is 11.5 Å². The van der Waals surface area contributed by atoms with E-state index in [0.717, 1.165) is 25.7 Å². The van der Waals surface area contributed by atoms with Crippen molar-refractivity contribution < 1.29 is 23.8 Å². The number of carbonyl (C=O) groups excluding carboxylic acids is 2. The number of methoxy groups -OCH3 is 2. The number of hydrogen-bond acceptors (Lipinski definition) is 5. The molecule has 0 saturated heterocycles. The first kappa shape index (κ1) is 22.1. The lowest BCUT2D eigenvalue weighted by molar-refractivity contribution is -0.148. The minimum absolute atomic E-state index is 0.185. The molecule has 0 spiro atoms. The second-order valence-corrected chi connectivity index (χ2v) is 7.50. The van der Waals surface area contributed by atoms with Crippen LogP contribution in [0.1, 0.15) is 38.2 Å². The number of ether oxygens (including phenoxy) is 3. The summed E-state index contributed by atoms with van der Waals surface area (Å²) in [6.07, 6.45) is 7.05. The first-order valence-electron chi connectivity index (χ1n) is 9.37. The van der Waals surface area contributed by atoms with Crippen LogP contribution in [0, 0.1) is 5.92 Å². The van der Waals surface area contributed by atoms with Crippen molar-refractivity contribution in [3.05, 3.63) is 28.8 Å². The van der Waals surface area contributed by atoms with Gasteiger partial charge in [0.2, 0.25) is 0 Å². The molecule has 28 heavy (non-hydrogen) atoms. The minimum atomic E-state index is -0.593. The Balaban J connectivity index is 1.88. The van der Waals surface area contributed by atoms with E-state index in [2.05, 4.69) is 6.92 Å². The Morgan fingerprint density at radius 1 is 1.18 bits per heavy atom. The quantitative estimate of drug-likeness (QED) is 0.504. The predicted octanol–water partition coefficient (Wildman–Crippen LogP) is 3.95. The van der Waals surface area contributed by atoms with E-state index >= 15 is 0 Å². The lowest BCUT2D eigenvalue weighted by atomic mass is 9.87. The molecule has 1 saturated carbocycles. The maximum Gasteiger partial charge on any atom is 0.331 e. The second kappa shape index (κ2) is 10.4. The molecule has 6 nitrogen and oxygen atoms in total. The molecular weight excluding hydrogens is 382 g/mol. The molecule has 1 aromatic carbocycles. The van der Waals surface area contributed by atoms with Crippen molar-refractivity contribution in [3.63, 3.8) is 0 Å². The average Bonchev–Trinajstić information content (AvgIpc) is 2.69. The Bertz CT molecular complexity index is 726. The van der Waals surface area contributed by atoms with Gasteiger partial charge in [-0.15, -0.1) is 0 Å². The number of amides is 1. The van der Waals surface area contributed by atoms with Crippen molar-refractivity contribution in [2.24, 2.45) is 5.92 Å². The average molecular weight is 410 g/mol. The Labute approximate surface area is 171 Å². The molecule has 1 aliphatic carbocycles. The summed E-state index contributed by atoms with van der Waals surface area (Å²) in [6, 6.07) is 3.57. The van der Waals surface area contributed by atoms with E-state index in [4.69, 9.17) is 25.8 Å². The van der Waals surface area contributed by atoms with Gasteiger partial charge in [0, 0.05) is 19.2 Å². The molecular formula is C21H28ClNO5. The molecule has 0 radical (unpaired) electrons. The smallest absolute Gasteiger partial charge is 0.331 e. The van der Waals surface area contributed by atoms with Gasteiger partial charge in [-0.3, -0.25) is 4.79 Å². The highest BCUT2D eigenvalue weighted by Crippen LogP contribution is 2.36. The summed E-state index contributed by atoms with van der Waals surface area (Å²) in [6.45, 7) is 1.97. The summed E-state index contributed by atoms with van der Waals surface area (Å²) in [5.74, 6) is 0.824. The number of hydrogen-bond donors (Lipinski definition) is 0. The largest absolute Gasteiger partial charge is 0.493 e. The van der Waals surface area contributed by atoms with Crippen LogP contribution in [0.15, 0.2) is 18.2 Å². The highest BCUT2D eigenvalue weighted by Gasteiger charge is 2.25. The van der Waals surface area contributed by atoms with Gasteiger partial charge in [-0.2, -0.15) is 0 Å². The monoisotopic (exact) mass is 409 g/mol. The van der Waals surface area contributed by atoms with Gasteiger partial charge in [0.15, 0.2) is 18.1 Å². The highest BCUT2D eigenvalue weighted by atomic mass is 35.5. The van der Waals surface area contributed by atoms with E-state index < -0.39 is 5.97 Å². The van der Waals surface area contributed by atoms with Crippen LogP contribution in [0.2, 0.25) is 5.02 Å². The summed E-state index contributed by atoms with van der Waals surface area (Å²) < 4.78 is 15.5. The summed E-state index contributed by atoms with van der Waals surface area (Å²) >= 11 is 6.14. The number of carbonyl (C=O) groups is 2. The molecule has 0 aromatic heterocycles. The molecule has 1 fully saturated rings. The Morgan fingerprint density at radius 2 is 1.86 bits per heavy atom. The van der Waals surface area contributed by atoms with Crippen LogP contribution in [0.3, 0.4) is 0 Å². The first-order chi connectivity index (χ1) is 13.3. The third-order valence-electron chi connectivity index (χ3n) is 5.13. The SMILES string of the molecule is COc1cc(/C=C/C(=O)OCC(=O)N(C)C2CCC(C)CC2)cc(Cl)c1OC. The molecule has 1 aromatic rings. The zero-order chi connectivity index (χ0) is 20.7. The van der Waals surface area contributed by atoms with E-state index in [0.29, 0.717) is 28.0 Å². The Kier molecular flexibility index (Phi) is 8.18. The number of benzene rings is 1. The summed E-state index contributed by atoms with van der Waals surface area (Å²) in [4.78, 5) is 25.9. The van der Waals surface area contributed by atoms with E-state index in [-0.39, 0.29) is 18.6 Å². The van der Waals surface area contributed by atoms with Gasteiger partial charge in [-0.1, -0.05) is 18.5 Å². The summed E-state index contributed by atoms with van der Waals surface area (Å²) in [5, 5.41) is 0.369. The molecule has 1 aliphatic rings.